The molecule has 2 amide bonds. The van der Waals surface area contributed by atoms with Crippen LogP contribution in [0.3, 0.4) is 0 Å². The minimum absolute atomic E-state index is 0.0360. The second-order valence-electron chi connectivity index (χ2n) is 7.68. The number of fused-ring (bicyclic) bond motifs is 3. The summed E-state index contributed by atoms with van der Waals surface area (Å²) in [6, 6.07) is 17.8. The van der Waals surface area contributed by atoms with Crippen LogP contribution in [-0.4, -0.2) is 35.8 Å². The van der Waals surface area contributed by atoms with Gasteiger partial charge in [-0.25, -0.2) is 4.79 Å². The minimum atomic E-state index is -0.286. The first kappa shape index (κ1) is 19.9. The molecule has 2 aromatic carbocycles. The lowest BCUT2D eigenvalue weighted by molar-refractivity contribution is 0.178. The molecule has 1 aromatic heterocycles. The van der Waals surface area contributed by atoms with E-state index >= 15 is 0 Å². The van der Waals surface area contributed by atoms with Gasteiger partial charge < -0.3 is 24.3 Å². The third-order valence-electron chi connectivity index (χ3n) is 5.36. The van der Waals surface area contributed by atoms with E-state index in [2.05, 4.69) is 28.1 Å². The smallest absolute Gasteiger partial charge is 0.318 e. The number of aromatic nitrogens is 1. The van der Waals surface area contributed by atoms with Crippen LogP contribution in [0, 0.1) is 0 Å². The van der Waals surface area contributed by atoms with Crippen LogP contribution in [0.25, 0.3) is 5.69 Å². The molecule has 0 saturated carbocycles. The summed E-state index contributed by atoms with van der Waals surface area (Å²) in [6.07, 6.45) is 2.05. The molecule has 0 unspecified atom stereocenters. The van der Waals surface area contributed by atoms with Crippen molar-refractivity contribution in [3.05, 3.63) is 77.6 Å². The van der Waals surface area contributed by atoms with Crippen molar-refractivity contribution < 1.29 is 14.3 Å². The maximum absolute atomic E-state index is 13.3. The molecule has 1 atom stereocenters. The lowest BCUT2D eigenvalue weighted by Crippen LogP contribution is -2.44. The highest BCUT2D eigenvalue weighted by molar-refractivity contribution is 5.76. The Kier molecular flexibility index (Phi) is 5.40. The zero-order valence-electron chi connectivity index (χ0n) is 17.8. The number of amides is 2. The van der Waals surface area contributed by atoms with E-state index in [0.717, 1.165) is 22.5 Å². The van der Waals surface area contributed by atoms with Crippen LogP contribution in [0.2, 0.25) is 0 Å². The third kappa shape index (κ3) is 3.49. The Balaban J connectivity index is 1.90. The molecule has 3 aromatic rings. The lowest BCUT2D eigenvalue weighted by atomic mass is 10.0. The summed E-state index contributed by atoms with van der Waals surface area (Å²) in [5.41, 5.74) is 4.16. The quantitative estimate of drug-likeness (QED) is 0.694. The van der Waals surface area contributed by atoms with Gasteiger partial charge in [-0.2, -0.15) is 0 Å². The number of para-hydroxylation sites is 1. The molecule has 2 heterocycles. The fraction of sp³-hybridized carbons (Fsp3) is 0.292. The summed E-state index contributed by atoms with van der Waals surface area (Å²) < 4.78 is 13.1. The van der Waals surface area contributed by atoms with Gasteiger partial charge in [0.25, 0.3) is 0 Å². The molecular weight excluding hydrogens is 378 g/mol. The number of ether oxygens (including phenoxy) is 2. The lowest BCUT2D eigenvalue weighted by Gasteiger charge is -2.32. The number of rotatable bonds is 4. The Morgan fingerprint density at radius 3 is 2.53 bits per heavy atom. The number of methoxy groups -OCH3 is 2. The second-order valence-corrected chi connectivity index (χ2v) is 7.68. The minimum Gasteiger partial charge on any atom is -0.493 e. The highest BCUT2D eigenvalue weighted by atomic mass is 16.5. The average Bonchev–Trinajstić information content (AvgIpc) is 3.17. The summed E-state index contributed by atoms with van der Waals surface area (Å²) in [6.45, 7) is 4.44. The van der Waals surface area contributed by atoms with Crippen LogP contribution >= 0.6 is 0 Å². The predicted octanol–water partition coefficient (Wildman–Crippen LogP) is 4.52. The number of carbonyl (C=O) groups is 1. The first-order valence-electron chi connectivity index (χ1n) is 10.1. The van der Waals surface area contributed by atoms with Crippen molar-refractivity contribution in [3.63, 3.8) is 0 Å². The molecule has 6 nitrogen and oxygen atoms in total. The van der Waals surface area contributed by atoms with E-state index in [9.17, 15) is 4.79 Å². The van der Waals surface area contributed by atoms with Gasteiger partial charge in [0.15, 0.2) is 11.5 Å². The topological polar surface area (TPSA) is 55.7 Å². The fourth-order valence-corrected chi connectivity index (χ4v) is 4.04. The van der Waals surface area contributed by atoms with Crippen molar-refractivity contribution in [1.29, 1.82) is 0 Å². The van der Waals surface area contributed by atoms with Crippen LogP contribution < -0.4 is 14.8 Å². The van der Waals surface area contributed by atoms with Gasteiger partial charge in [0.05, 0.1) is 32.5 Å². The number of nitrogens with one attached hydrogen (secondary N) is 1. The van der Waals surface area contributed by atoms with Gasteiger partial charge in [-0.1, -0.05) is 24.3 Å². The highest BCUT2D eigenvalue weighted by Crippen LogP contribution is 2.39. The summed E-state index contributed by atoms with van der Waals surface area (Å²) in [7, 11) is 3.24. The van der Waals surface area contributed by atoms with Crippen molar-refractivity contribution in [2.75, 3.05) is 14.2 Å². The van der Waals surface area contributed by atoms with Crippen LogP contribution in [-0.2, 0) is 6.54 Å². The Morgan fingerprint density at radius 1 is 1.03 bits per heavy atom. The third-order valence-corrected chi connectivity index (χ3v) is 5.36. The number of urea groups is 1. The molecule has 156 valence electrons. The Morgan fingerprint density at radius 2 is 1.80 bits per heavy atom. The highest BCUT2D eigenvalue weighted by Gasteiger charge is 2.33. The predicted molar refractivity (Wildman–Crippen MR) is 116 cm³/mol. The van der Waals surface area contributed by atoms with Crippen molar-refractivity contribution in [2.45, 2.75) is 32.5 Å². The van der Waals surface area contributed by atoms with E-state index in [-0.39, 0.29) is 18.1 Å². The molecule has 6 heteroatoms. The molecule has 0 aliphatic carbocycles. The van der Waals surface area contributed by atoms with E-state index in [1.807, 2.05) is 61.3 Å². The molecule has 1 aliphatic heterocycles. The fourth-order valence-electron chi connectivity index (χ4n) is 4.04. The van der Waals surface area contributed by atoms with E-state index in [1.165, 1.54) is 0 Å². The first-order valence-corrected chi connectivity index (χ1v) is 10.1. The molecule has 0 fully saturated rings. The Bertz CT molecular complexity index is 1060. The van der Waals surface area contributed by atoms with Crippen LogP contribution in [0.4, 0.5) is 4.79 Å². The van der Waals surface area contributed by atoms with Crippen LogP contribution in [0.15, 0.2) is 60.8 Å². The number of benzene rings is 2. The van der Waals surface area contributed by atoms with Crippen molar-refractivity contribution >= 4 is 6.03 Å². The molecule has 0 spiro atoms. The number of nitrogens with zero attached hydrogens (tertiary/aromatic N) is 2. The van der Waals surface area contributed by atoms with Gasteiger partial charge in [0, 0.05) is 17.9 Å². The van der Waals surface area contributed by atoms with Crippen LogP contribution in [0.1, 0.15) is 36.7 Å². The van der Waals surface area contributed by atoms with Gasteiger partial charge >= 0.3 is 6.03 Å². The summed E-state index contributed by atoms with van der Waals surface area (Å²) in [4.78, 5) is 15.2. The maximum Gasteiger partial charge on any atom is 0.318 e. The van der Waals surface area contributed by atoms with Gasteiger partial charge in [-0.3, -0.25) is 0 Å². The summed E-state index contributed by atoms with van der Waals surface area (Å²) in [5, 5.41) is 3.07. The molecule has 0 bridgehead atoms. The average molecular weight is 405 g/mol. The first-order chi connectivity index (χ1) is 14.5. The Labute approximate surface area is 177 Å². The monoisotopic (exact) mass is 405 g/mol. The SMILES string of the molecule is COc1ccc([C@@H]2c3cccn3-c3ccccc3CN2C(=O)NC(C)C)cc1OC. The van der Waals surface area contributed by atoms with E-state index in [4.69, 9.17) is 9.47 Å². The molecule has 1 aliphatic rings. The van der Waals surface area contributed by atoms with E-state index < -0.39 is 0 Å². The molecule has 1 N–H and O–H groups in total. The van der Waals surface area contributed by atoms with Crippen molar-refractivity contribution in [1.82, 2.24) is 14.8 Å². The zero-order chi connectivity index (χ0) is 21.3. The normalized spacial score (nSPS) is 15.2. The van der Waals surface area contributed by atoms with Crippen molar-refractivity contribution in [3.8, 4) is 17.2 Å². The van der Waals surface area contributed by atoms with Gasteiger partial charge in [-0.05, 0) is 55.3 Å². The van der Waals surface area contributed by atoms with Crippen molar-refractivity contribution in [2.24, 2.45) is 0 Å². The second kappa shape index (κ2) is 8.14. The Hall–Kier alpha value is -3.41. The van der Waals surface area contributed by atoms with E-state index in [0.29, 0.717) is 18.0 Å². The van der Waals surface area contributed by atoms with E-state index in [1.54, 1.807) is 14.2 Å². The largest absolute Gasteiger partial charge is 0.493 e. The molecule has 0 radical (unpaired) electrons. The molecule has 30 heavy (non-hydrogen) atoms. The van der Waals surface area contributed by atoms with Gasteiger partial charge in [-0.15, -0.1) is 0 Å². The summed E-state index contributed by atoms with van der Waals surface area (Å²) in [5.74, 6) is 1.30. The maximum atomic E-state index is 13.3. The summed E-state index contributed by atoms with van der Waals surface area (Å²) >= 11 is 0. The van der Waals surface area contributed by atoms with Gasteiger partial charge in [0.1, 0.15) is 0 Å². The zero-order valence-corrected chi connectivity index (χ0v) is 17.8. The number of hydrogen-bond donors (Lipinski definition) is 1. The number of hydrogen-bond acceptors (Lipinski definition) is 3. The molecule has 0 saturated heterocycles. The number of carbonyl (C=O) groups excluding carboxylic acids is 1. The standard InChI is InChI=1S/C24H27N3O3/c1-16(2)25-24(28)27-15-18-8-5-6-9-19(18)26-13-7-10-20(26)23(27)17-11-12-21(29-3)22(14-17)30-4/h5-14,16,23H,15H2,1-4H3,(H,25,28)/t23-/m1/s1. The molecular formula is C24H27N3O3. The van der Waals surface area contributed by atoms with Gasteiger partial charge in [0.2, 0.25) is 0 Å². The molecule has 4 rings (SSSR count). The van der Waals surface area contributed by atoms with Crippen LogP contribution in [0.5, 0.6) is 11.5 Å².